The standard InChI is InChI=1S/C11H7ClF3N5OS/c12-7-5(9(17)21)19-10(8(16)20-7)22-4-2-1-3-18-6(4)11(13,14)15/h1-3H,(H2,16,20)(H2,17,21). The second kappa shape index (κ2) is 5.97. The lowest BCUT2D eigenvalue weighted by Gasteiger charge is -2.11. The van der Waals surface area contributed by atoms with E-state index < -0.39 is 17.8 Å². The SMILES string of the molecule is NC(=O)c1nc(Sc2cccnc2C(F)(F)F)c(N)nc1Cl. The van der Waals surface area contributed by atoms with Crippen LogP contribution >= 0.6 is 23.4 Å². The van der Waals surface area contributed by atoms with Crippen LogP contribution in [0.25, 0.3) is 0 Å². The number of nitrogens with zero attached hydrogens (tertiary/aromatic N) is 3. The molecule has 2 aromatic rings. The number of nitrogen functional groups attached to an aromatic ring is 1. The van der Waals surface area contributed by atoms with Gasteiger partial charge in [-0.3, -0.25) is 9.78 Å². The fraction of sp³-hybridized carbons (Fsp3) is 0.0909. The van der Waals surface area contributed by atoms with Gasteiger partial charge in [-0.05, 0) is 12.1 Å². The maximum Gasteiger partial charge on any atom is 0.434 e. The lowest BCUT2D eigenvalue weighted by Crippen LogP contribution is -2.16. The van der Waals surface area contributed by atoms with Crippen LogP contribution in [0.3, 0.4) is 0 Å². The molecule has 0 spiro atoms. The zero-order valence-electron chi connectivity index (χ0n) is 10.6. The topological polar surface area (TPSA) is 108 Å². The van der Waals surface area contributed by atoms with Gasteiger partial charge in [0.2, 0.25) is 0 Å². The summed E-state index contributed by atoms with van der Waals surface area (Å²) in [7, 11) is 0. The third kappa shape index (κ3) is 3.39. The number of alkyl halides is 3. The largest absolute Gasteiger partial charge is 0.434 e. The van der Waals surface area contributed by atoms with Crippen LogP contribution in [0.15, 0.2) is 28.3 Å². The van der Waals surface area contributed by atoms with E-state index in [2.05, 4.69) is 15.0 Å². The lowest BCUT2D eigenvalue weighted by atomic mass is 10.3. The van der Waals surface area contributed by atoms with Gasteiger partial charge < -0.3 is 11.5 Å². The fourth-order valence-corrected chi connectivity index (χ4v) is 2.57. The van der Waals surface area contributed by atoms with Crippen LogP contribution in [-0.4, -0.2) is 20.9 Å². The van der Waals surface area contributed by atoms with Gasteiger partial charge in [-0.1, -0.05) is 23.4 Å². The predicted octanol–water partition coefficient (Wildman–Crippen LogP) is 2.38. The van der Waals surface area contributed by atoms with Crippen LogP contribution < -0.4 is 11.5 Å². The zero-order valence-corrected chi connectivity index (χ0v) is 12.1. The third-order valence-corrected chi connectivity index (χ3v) is 3.63. The maximum absolute atomic E-state index is 12.9. The average Bonchev–Trinajstić information content (AvgIpc) is 2.40. The second-order valence-electron chi connectivity index (χ2n) is 3.87. The molecule has 0 fully saturated rings. The van der Waals surface area contributed by atoms with Crippen molar-refractivity contribution in [2.24, 2.45) is 5.73 Å². The zero-order chi connectivity index (χ0) is 16.5. The first-order valence-corrected chi connectivity index (χ1v) is 6.72. The van der Waals surface area contributed by atoms with Gasteiger partial charge >= 0.3 is 6.18 Å². The Morgan fingerprint density at radius 2 is 2.00 bits per heavy atom. The Bertz CT molecular complexity index is 740. The summed E-state index contributed by atoms with van der Waals surface area (Å²) < 4.78 is 38.7. The lowest BCUT2D eigenvalue weighted by molar-refractivity contribution is -0.143. The molecule has 22 heavy (non-hydrogen) atoms. The Hall–Kier alpha value is -2.07. The first-order valence-electron chi connectivity index (χ1n) is 5.53. The highest BCUT2D eigenvalue weighted by molar-refractivity contribution is 7.99. The van der Waals surface area contributed by atoms with Crippen LogP contribution in [0, 0.1) is 0 Å². The number of amides is 1. The summed E-state index contributed by atoms with van der Waals surface area (Å²) in [5, 5.41) is -0.451. The van der Waals surface area contributed by atoms with E-state index in [4.69, 9.17) is 23.1 Å². The Balaban J connectivity index is 2.49. The van der Waals surface area contributed by atoms with Crippen molar-refractivity contribution in [3.05, 3.63) is 34.9 Å². The Kier molecular flexibility index (Phi) is 4.42. The van der Waals surface area contributed by atoms with Crippen LogP contribution in [0.5, 0.6) is 0 Å². The van der Waals surface area contributed by atoms with Crippen LogP contribution in [0.2, 0.25) is 5.15 Å². The minimum absolute atomic E-state index is 0.128. The molecule has 0 aliphatic carbocycles. The van der Waals surface area contributed by atoms with E-state index in [0.29, 0.717) is 11.8 Å². The van der Waals surface area contributed by atoms with Crippen molar-refractivity contribution >= 4 is 35.1 Å². The third-order valence-electron chi connectivity index (χ3n) is 2.33. The van der Waals surface area contributed by atoms with Gasteiger partial charge in [0.25, 0.3) is 5.91 Å². The highest BCUT2D eigenvalue weighted by Gasteiger charge is 2.35. The van der Waals surface area contributed by atoms with E-state index in [1.807, 2.05) is 0 Å². The van der Waals surface area contributed by atoms with Crippen LogP contribution in [0.4, 0.5) is 19.0 Å². The van der Waals surface area contributed by atoms with E-state index in [0.717, 1.165) is 6.20 Å². The number of carbonyl (C=O) groups excluding carboxylic acids is 1. The van der Waals surface area contributed by atoms with Crippen molar-refractivity contribution in [3.63, 3.8) is 0 Å². The molecule has 4 N–H and O–H groups in total. The summed E-state index contributed by atoms with van der Waals surface area (Å²) in [6.07, 6.45) is -3.64. The monoisotopic (exact) mass is 349 g/mol. The highest BCUT2D eigenvalue weighted by Crippen LogP contribution is 2.39. The molecule has 116 valence electrons. The number of rotatable bonds is 3. The molecule has 0 saturated carbocycles. The van der Waals surface area contributed by atoms with Crippen LogP contribution in [-0.2, 0) is 6.18 Å². The van der Waals surface area contributed by atoms with E-state index in [9.17, 15) is 18.0 Å². The van der Waals surface area contributed by atoms with Gasteiger partial charge in [-0.2, -0.15) is 13.2 Å². The number of hydrogen-bond donors (Lipinski definition) is 2. The van der Waals surface area contributed by atoms with Crippen molar-refractivity contribution in [1.82, 2.24) is 15.0 Å². The number of hydrogen-bond acceptors (Lipinski definition) is 6. The van der Waals surface area contributed by atoms with Crippen molar-refractivity contribution in [2.75, 3.05) is 5.73 Å². The normalized spacial score (nSPS) is 11.5. The predicted molar refractivity (Wildman–Crippen MR) is 73.3 cm³/mol. The average molecular weight is 350 g/mol. The van der Waals surface area contributed by atoms with E-state index in [-0.39, 0.29) is 26.6 Å². The van der Waals surface area contributed by atoms with Gasteiger partial charge in [-0.15, -0.1) is 0 Å². The minimum atomic E-state index is -4.65. The molecule has 0 saturated heterocycles. The quantitative estimate of drug-likeness (QED) is 0.880. The molecule has 0 bridgehead atoms. The summed E-state index contributed by atoms with van der Waals surface area (Å²) in [5.74, 6) is -1.20. The second-order valence-corrected chi connectivity index (χ2v) is 5.26. The summed E-state index contributed by atoms with van der Waals surface area (Å²) in [6.45, 7) is 0. The molecular weight excluding hydrogens is 343 g/mol. The molecule has 2 aromatic heterocycles. The number of pyridine rings is 1. The number of carbonyl (C=O) groups is 1. The van der Waals surface area contributed by atoms with E-state index in [1.165, 1.54) is 12.1 Å². The molecule has 2 rings (SSSR count). The number of nitrogens with two attached hydrogens (primary N) is 2. The number of anilines is 1. The molecule has 1 amide bonds. The Morgan fingerprint density at radius 1 is 1.32 bits per heavy atom. The minimum Gasteiger partial charge on any atom is -0.381 e. The molecule has 11 heteroatoms. The summed E-state index contributed by atoms with van der Waals surface area (Å²) >= 11 is 6.21. The van der Waals surface area contributed by atoms with Crippen molar-refractivity contribution in [3.8, 4) is 0 Å². The van der Waals surface area contributed by atoms with Gasteiger partial charge in [0.15, 0.2) is 22.4 Å². The summed E-state index contributed by atoms with van der Waals surface area (Å²) in [6, 6.07) is 2.52. The first-order chi connectivity index (χ1) is 10.2. The van der Waals surface area contributed by atoms with Crippen molar-refractivity contribution in [2.45, 2.75) is 16.1 Å². The van der Waals surface area contributed by atoms with E-state index in [1.54, 1.807) is 0 Å². The molecule has 0 aliphatic heterocycles. The van der Waals surface area contributed by atoms with Gasteiger partial charge in [0.1, 0.15) is 5.03 Å². The number of primary amides is 1. The van der Waals surface area contributed by atoms with Crippen molar-refractivity contribution in [1.29, 1.82) is 0 Å². The molecule has 0 unspecified atom stereocenters. The molecule has 0 radical (unpaired) electrons. The Morgan fingerprint density at radius 3 is 2.59 bits per heavy atom. The van der Waals surface area contributed by atoms with Gasteiger partial charge in [-0.25, -0.2) is 9.97 Å². The Labute approximate surface area is 131 Å². The van der Waals surface area contributed by atoms with Crippen LogP contribution in [0.1, 0.15) is 16.2 Å². The summed E-state index contributed by atoms with van der Waals surface area (Å²) in [4.78, 5) is 21.6. The molecule has 6 nitrogen and oxygen atoms in total. The smallest absolute Gasteiger partial charge is 0.381 e. The van der Waals surface area contributed by atoms with Gasteiger partial charge in [0.05, 0.1) is 0 Å². The molecule has 0 atom stereocenters. The maximum atomic E-state index is 12.9. The highest BCUT2D eigenvalue weighted by atomic mass is 35.5. The molecular formula is C11H7ClF3N5OS. The number of halogens is 4. The first kappa shape index (κ1) is 16.3. The molecule has 0 aromatic carbocycles. The molecule has 0 aliphatic rings. The van der Waals surface area contributed by atoms with Crippen molar-refractivity contribution < 1.29 is 18.0 Å². The molecule has 2 heterocycles. The van der Waals surface area contributed by atoms with Gasteiger partial charge in [0, 0.05) is 11.1 Å². The number of aromatic nitrogens is 3. The van der Waals surface area contributed by atoms with E-state index >= 15 is 0 Å². The fourth-order valence-electron chi connectivity index (χ4n) is 1.43. The summed E-state index contributed by atoms with van der Waals surface area (Å²) in [5.41, 5.74) is 9.14.